The molecule has 0 unspecified atom stereocenters. The second-order valence-corrected chi connectivity index (χ2v) is 8.64. The number of hydrogen-bond acceptors (Lipinski definition) is 7. The number of halogens is 1. The molecule has 0 bridgehead atoms. The van der Waals surface area contributed by atoms with Crippen molar-refractivity contribution in [3.05, 3.63) is 65.9 Å². The molecule has 0 saturated carbocycles. The van der Waals surface area contributed by atoms with E-state index in [2.05, 4.69) is 31.2 Å². The molecule has 0 radical (unpaired) electrons. The van der Waals surface area contributed by atoms with Crippen molar-refractivity contribution in [2.45, 2.75) is 5.03 Å². The monoisotopic (exact) mass is 469 g/mol. The zero-order valence-electron chi connectivity index (χ0n) is 17.7. The minimum Gasteiger partial charge on any atom is -0.495 e. The second-order valence-electron chi connectivity index (χ2n) is 7.20. The molecule has 1 aromatic heterocycles. The number of anilines is 3. The van der Waals surface area contributed by atoms with Crippen molar-refractivity contribution in [1.82, 2.24) is 9.97 Å². The lowest BCUT2D eigenvalue weighted by molar-refractivity contribution is -0.113. The lowest BCUT2D eigenvalue weighted by Gasteiger charge is -2.37. The number of carbonyl (C=O) groups is 1. The largest absolute Gasteiger partial charge is 0.495 e. The molecule has 2 heterocycles. The Balaban J connectivity index is 1.31. The van der Waals surface area contributed by atoms with Crippen LogP contribution in [0.1, 0.15) is 0 Å². The first-order chi connectivity index (χ1) is 15.6. The Kier molecular flexibility index (Phi) is 7.34. The molecule has 3 aromatic rings. The summed E-state index contributed by atoms with van der Waals surface area (Å²) in [4.78, 5) is 25.6. The summed E-state index contributed by atoms with van der Waals surface area (Å²) in [6.45, 7) is 3.43. The van der Waals surface area contributed by atoms with E-state index in [9.17, 15) is 4.79 Å². The number of piperazine rings is 1. The minimum absolute atomic E-state index is 0.0945. The number of aromatic nitrogens is 2. The summed E-state index contributed by atoms with van der Waals surface area (Å²) in [7, 11) is 1.70. The molecule has 4 rings (SSSR count). The van der Waals surface area contributed by atoms with Crippen LogP contribution in [0.2, 0.25) is 5.02 Å². The van der Waals surface area contributed by atoms with Crippen LogP contribution in [-0.2, 0) is 4.79 Å². The van der Waals surface area contributed by atoms with Crippen LogP contribution in [0.4, 0.5) is 17.2 Å². The minimum atomic E-state index is -0.0945. The van der Waals surface area contributed by atoms with Crippen LogP contribution in [-0.4, -0.2) is 54.9 Å². The molecular weight excluding hydrogens is 446 g/mol. The van der Waals surface area contributed by atoms with E-state index in [4.69, 9.17) is 16.3 Å². The molecule has 1 aliphatic heterocycles. The number of para-hydroxylation sites is 2. The topological polar surface area (TPSA) is 70.6 Å². The predicted octanol–water partition coefficient (Wildman–Crippen LogP) is 4.20. The molecule has 0 spiro atoms. The van der Waals surface area contributed by atoms with Crippen LogP contribution in [0.25, 0.3) is 0 Å². The Hall–Kier alpha value is -2.97. The van der Waals surface area contributed by atoms with E-state index < -0.39 is 0 Å². The van der Waals surface area contributed by atoms with Crippen molar-refractivity contribution in [2.24, 2.45) is 0 Å². The van der Waals surface area contributed by atoms with Gasteiger partial charge in [0, 0.05) is 43.0 Å². The number of ether oxygens (including phenoxy) is 1. The number of benzene rings is 2. The fourth-order valence-corrected chi connectivity index (χ4v) is 4.31. The van der Waals surface area contributed by atoms with Crippen molar-refractivity contribution in [1.29, 1.82) is 0 Å². The molecule has 7 nitrogen and oxygen atoms in total. The average molecular weight is 470 g/mol. The highest BCUT2D eigenvalue weighted by atomic mass is 35.5. The van der Waals surface area contributed by atoms with Crippen molar-refractivity contribution in [2.75, 3.05) is 54.2 Å². The summed E-state index contributed by atoms with van der Waals surface area (Å²) < 4.78 is 5.50. The van der Waals surface area contributed by atoms with Gasteiger partial charge in [-0.1, -0.05) is 35.5 Å². The van der Waals surface area contributed by atoms with Gasteiger partial charge in [0.2, 0.25) is 5.91 Å². The van der Waals surface area contributed by atoms with E-state index in [0.29, 0.717) is 5.02 Å². The third kappa shape index (κ3) is 5.63. The number of nitrogens with zero attached hydrogens (tertiary/aromatic N) is 4. The summed E-state index contributed by atoms with van der Waals surface area (Å²) in [6.07, 6.45) is 1.56. The molecule has 1 N–H and O–H groups in total. The van der Waals surface area contributed by atoms with Crippen molar-refractivity contribution in [3.8, 4) is 5.75 Å². The van der Waals surface area contributed by atoms with Gasteiger partial charge in [-0.05, 0) is 36.4 Å². The molecule has 0 aliphatic carbocycles. The molecule has 1 aliphatic rings. The van der Waals surface area contributed by atoms with Crippen molar-refractivity contribution >= 4 is 46.5 Å². The van der Waals surface area contributed by atoms with Gasteiger partial charge in [-0.2, -0.15) is 0 Å². The van der Waals surface area contributed by atoms with E-state index in [1.54, 1.807) is 37.7 Å². The highest BCUT2D eigenvalue weighted by Crippen LogP contribution is 2.29. The Labute approximate surface area is 196 Å². The van der Waals surface area contributed by atoms with E-state index in [1.807, 2.05) is 24.3 Å². The van der Waals surface area contributed by atoms with Crippen LogP contribution < -0.4 is 19.9 Å². The third-order valence-corrected chi connectivity index (χ3v) is 6.31. The van der Waals surface area contributed by atoms with Gasteiger partial charge in [0.15, 0.2) is 0 Å². The van der Waals surface area contributed by atoms with Crippen molar-refractivity contribution in [3.63, 3.8) is 0 Å². The summed E-state index contributed by atoms with van der Waals surface area (Å²) >= 11 is 7.27. The fraction of sp³-hybridized carbons (Fsp3) is 0.261. The van der Waals surface area contributed by atoms with Crippen LogP contribution in [0.3, 0.4) is 0 Å². The average Bonchev–Trinajstić information content (AvgIpc) is 2.84. The first-order valence-corrected chi connectivity index (χ1v) is 11.6. The Morgan fingerprint density at radius 3 is 2.53 bits per heavy atom. The molecular formula is C23H24ClN5O2S. The number of methoxy groups -OCH3 is 1. The van der Waals surface area contributed by atoms with E-state index >= 15 is 0 Å². The summed E-state index contributed by atoms with van der Waals surface area (Å²) in [6, 6.07) is 17.1. The summed E-state index contributed by atoms with van der Waals surface area (Å²) in [5, 5.41) is 4.26. The van der Waals surface area contributed by atoms with Crippen LogP contribution in [0.5, 0.6) is 5.75 Å². The molecule has 1 fully saturated rings. The first-order valence-electron chi connectivity index (χ1n) is 10.3. The standard InChI is InChI=1S/C23H24ClN5O2S/c1-31-20-5-3-2-4-19(20)28-10-12-29(13-11-28)21-14-23(26-16-25-21)32-15-22(30)27-18-8-6-17(24)7-9-18/h2-9,14,16H,10-13,15H2,1H3,(H,27,30). The highest BCUT2D eigenvalue weighted by molar-refractivity contribution is 7.99. The first kappa shape index (κ1) is 22.2. The molecule has 0 atom stereocenters. The lowest BCUT2D eigenvalue weighted by Crippen LogP contribution is -2.47. The zero-order valence-corrected chi connectivity index (χ0v) is 19.3. The van der Waals surface area contributed by atoms with Gasteiger partial charge in [0.1, 0.15) is 22.9 Å². The maximum Gasteiger partial charge on any atom is 0.234 e. The Morgan fingerprint density at radius 1 is 1.06 bits per heavy atom. The number of amides is 1. The van der Waals surface area contributed by atoms with Crippen LogP contribution in [0, 0.1) is 0 Å². The Morgan fingerprint density at radius 2 is 1.78 bits per heavy atom. The van der Waals surface area contributed by atoms with Crippen molar-refractivity contribution < 1.29 is 9.53 Å². The third-order valence-electron chi connectivity index (χ3n) is 5.14. The number of carbonyl (C=O) groups excluding carboxylic acids is 1. The van der Waals surface area contributed by atoms with E-state index in [0.717, 1.165) is 54.1 Å². The fourth-order valence-electron chi connectivity index (χ4n) is 3.52. The maximum absolute atomic E-state index is 12.2. The summed E-state index contributed by atoms with van der Waals surface area (Å²) in [5.74, 6) is 1.93. The summed E-state index contributed by atoms with van der Waals surface area (Å²) in [5.41, 5.74) is 1.83. The number of thioether (sulfide) groups is 1. The van der Waals surface area contributed by atoms with Gasteiger partial charge in [0.05, 0.1) is 18.6 Å². The van der Waals surface area contributed by atoms with Gasteiger partial charge in [-0.25, -0.2) is 9.97 Å². The molecule has 2 aromatic carbocycles. The quantitative estimate of drug-likeness (QED) is 0.410. The van der Waals surface area contributed by atoms with Crippen LogP contribution in [0.15, 0.2) is 66.0 Å². The zero-order chi connectivity index (χ0) is 22.3. The predicted molar refractivity (Wildman–Crippen MR) is 130 cm³/mol. The normalized spacial score (nSPS) is 13.7. The van der Waals surface area contributed by atoms with Gasteiger partial charge < -0.3 is 19.9 Å². The number of hydrogen-bond donors (Lipinski definition) is 1. The highest BCUT2D eigenvalue weighted by Gasteiger charge is 2.21. The number of rotatable bonds is 7. The molecule has 32 heavy (non-hydrogen) atoms. The maximum atomic E-state index is 12.2. The van der Waals surface area contributed by atoms with E-state index in [-0.39, 0.29) is 11.7 Å². The smallest absolute Gasteiger partial charge is 0.234 e. The molecule has 166 valence electrons. The molecule has 1 saturated heterocycles. The van der Waals surface area contributed by atoms with E-state index in [1.165, 1.54) is 11.8 Å². The number of nitrogens with one attached hydrogen (secondary N) is 1. The SMILES string of the molecule is COc1ccccc1N1CCN(c2cc(SCC(=O)Nc3ccc(Cl)cc3)ncn2)CC1. The van der Waals surface area contributed by atoms with Gasteiger partial charge in [0.25, 0.3) is 0 Å². The Bertz CT molecular complexity index is 1060. The molecule has 1 amide bonds. The van der Waals surface area contributed by atoms with Gasteiger partial charge >= 0.3 is 0 Å². The van der Waals surface area contributed by atoms with Crippen LogP contribution >= 0.6 is 23.4 Å². The second kappa shape index (κ2) is 10.6. The van der Waals surface area contributed by atoms with Gasteiger partial charge in [-0.3, -0.25) is 4.79 Å². The molecule has 9 heteroatoms. The lowest BCUT2D eigenvalue weighted by atomic mass is 10.2. The van der Waals surface area contributed by atoms with Gasteiger partial charge in [-0.15, -0.1) is 0 Å².